The number of para-hydroxylation sites is 1. The van der Waals surface area contributed by atoms with Crippen LogP contribution in [0, 0.1) is 0 Å². The largest absolute Gasteiger partial charge is 0.507 e. The Morgan fingerprint density at radius 3 is 2.43 bits per heavy atom. The van der Waals surface area contributed by atoms with E-state index in [4.69, 9.17) is 16.7 Å². The first-order chi connectivity index (χ1) is 9.97. The fourth-order valence-electron chi connectivity index (χ4n) is 1.63. The molecule has 0 aliphatic rings. The second-order valence-corrected chi connectivity index (χ2v) is 4.50. The van der Waals surface area contributed by atoms with E-state index in [0.29, 0.717) is 10.7 Å². The number of carboxylic acids is 1. The number of carbonyl (C=O) groups is 2. The molecule has 2 aromatic rings. The second kappa shape index (κ2) is 6.15. The third-order valence-corrected chi connectivity index (χ3v) is 2.94. The van der Waals surface area contributed by atoms with Crippen LogP contribution in [-0.4, -0.2) is 22.2 Å². The Labute approximate surface area is 125 Å². The Morgan fingerprint density at radius 1 is 1.05 bits per heavy atom. The molecular weight excluding hydrogens is 296 g/mol. The summed E-state index contributed by atoms with van der Waals surface area (Å²) in [4.78, 5) is 22.7. The lowest BCUT2D eigenvalue weighted by molar-refractivity contribution is 0.0693. The van der Waals surface area contributed by atoms with Crippen molar-refractivity contribution in [2.75, 3.05) is 10.6 Å². The summed E-state index contributed by atoms with van der Waals surface area (Å²) in [7, 11) is 0. The number of aromatic carboxylic acids is 1. The fraction of sp³-hybridized carbons (Fsp3) is 0. The van der Waals surface area contributed by atoms with Gasteiger partial charge >= 0.3 is 12.0 Å². The van der Waals surface area contributed by atoms with Crippen molar-refractivity contribution in [3.63, 3.8) is 0 Å². The lowest BCUT2D eigenvalue weighted by Gasteiger charge is -2.09. The standard InChI is InChI=1S/C14H11ClN2O4/c15-10-3-1-2-4-11(10)17-14(21)16-8-5-6-12(18)9(7-8)13(19)20/h1-7,18H,(H,19,20)(H2,16,17,21). The van der Waals surface area contributed by atoms with Crippen molar-refractivity contribution in [1.82, 2.24) is 0 Å². The van der Waals surface area contributed by atoms with Crippen molar-refractivity contribution in [3.8, 4) is 5.75 Å². The predicted octanol–water partition coefficient (Wildman–Crippen LogP) is 3.39. The van der Waals surface area contributed by atoms with Gasteiger partial charge in [0.25, 0.3) is 0 Å². The Kier molecular flexibility index (Phi) is 4.30. The Bertz CT molecular complexity index is 703. The lowest BCUT2D eigenvalue weighted by Crippen LogP contribution is -2.19. The number of hydrogen-bond acceptors (Lipinski definition) is 3. The van der Waals surface area contributed by atoms with Gasteiger partial charge in [-0.05, 0) is 30.3 Å². The molecule has 0 aromatic heterocycles. The molecule has 6 nitrogen and oxygen atoms in total. The molecule has 0 atom stereocenters. The second-order valence-electron chi connectivity index (χ2n) is 4.10. The fourth-order valence-corrected chi connectivity index (χ4v) is 1.82. The first-order valence-corrected chi connectivity index (χ1v) is 6.24. The highest BCUT2D eigenvalue weighted by molar-refractivity contribution is 6.33. The number of halogens is 1. The number of benzene rings is 2. The van der Waals surface area contributed by atoms with Gasteiger partial charge < -0.3 is 20.8 Å². The van der Waals surface area contributed by atoms with Crippen LogP contribution in [0.2, 0.25) is 5.02 Å². The maximum Gasteiger partial charge on any atom is 0.339 e. The minimum absolute atomic E-state index is 0.231. The van der Waals surface area contributed by atoms with Crippen molar-refractivity contribution in [2.24, 2.45) is 0 Å². The van der Waals surface area contributed by atoms with Gasteiger partial charge in [0.1, 0.15) is 11.3 Å². The number of anilines is 2. The van der Waals surface area contributed by atoms with E-state index in [0.717, 1.165) is 6.07 Å². The molecule has 2 rings (SSSR count). The molecule has 21 heavy (non-hydrogen) atoms. The smallest absolute Gasteiger partial charge is 0.339 e. The first-order valence-electron chi connectivity index (χ1n) is 5.86. The molecule has 4 N–H and O–H groups in total. The summed E-state index contributed by atoms with van der Waals surface area (Å²) in [6.45, 7) is 0. The minimum atomic E-state index is -1.29. The molecule has 0 saturated heterocycles. The van der Waals surface area contributed by atoms with Gasteiger partial charge in [-0.1, -0.05) is 23.7 Å². The number of hydrogen-bond donors (Lipinski definition) is 4. The monoisotopic (exact) mass is 306 g/mol. The predicted molar refractivity (Wildman–Crippen MR) is 79.2 cm³/mol. The summed E-state index contributed by atoms with van der Waals surface area (Å²) in [5.74, 6) is -1.66. The number of phenols is 1. The number of carboxylic acid groups (broad SMARTS) is 1. The number of aromatic hydroxyl groups is 1. The van der Waals surface area contributed by atoms with Crippen LogP contribution in [0.25, 0.3) is 0 Å². The summed E-state index contributed by atoms with van der Waals surface area (Å²) >= 11 is 5.91. The van der Waals surface area contributed by atoms with E-state index in [1.54, 1.807) is 24.3 Å². The van der Waals surface area contributed by atoms with Gasteiger partial charge in [0.2, 0.25) is 0 Å². The van der Waals surface area contributed by atoms with Gasteiger partial charge in [-0.25, -0.2) is 9.59 Å². The zero-order valence-corrected chi connectivity index (χ0v) is 11.4. The zero-order chi connectivity index (χ0) is 15.4. The van der Waals surface area contributed by atoms with Crippen molar-refractivity contribution < 1.29 is 19.8 Å². The van der Waals surface area contributed by atoms with Crippen LogP contribution in [0.3, 0.4) is 0 Å². The maximum atomic E-state index is 11.8. The third-order valence-electron chi connectivity index (χ3n) is 2.61. The molecule has 0 fully saturated rings. The molecule has 2 aromatic carbocycles. The molecule has 0 unspecified atom stereocenters. The average Bonchev–Trinajstić information content (AvgIpc) is 2.43. The summed E-state index contributed by atoms with van der Waals surface area (Å²) in [6.07, 6.45) is 0. The molecule has 0 saturated carbocycles. The van der Waals surface area contributed by atoms with Crippen LogP contribution in [0.4, 0.5) is 16.2 Å². The summed E-state index contributed by atoms with van der Waals surface area (Å²) < 4.78 is 0. The number of nitrogens with one attached hydrogen (secondary N) is 2. The molecule has 108 valence electrons. The molecule has 7 heteroatoms. The Morgan fingerprint density at radius 2 is 1.76 bits per heavy atom. The quantitative estimate of drug-likeness (QED) is 0.653. The van der Waals surface area contributed by atoms with E-state index in [1.165, 1.54) is 12.1 Å². The Balaban J connectivity index is 2.12. The lowest BCUT2D eigenvalue weighted by atomic mass is 10.2. The van der Waals surface area contributed by atoms with Crippen LogP contribution < -0.4 is 10.6 Å². The van der Waals surface area contributed by atoms with Crippen molar-refractivity contribution in [2.45, 2.75) is 0 Å². The van der Waals surface area contributed by atoms with Gasteiger partial charge in [-0.15, -0.1) is 0 Å². The van der Waals surface area contributed by atoms with E-state index in [1.807, 2.05) is 0 Å². The van der Waals surface area contributed by atoms with Crippen LogP contribution in [-0.2, 0) is 0 Å². The van der Waals surface area contributed by atoms with Crippen molar-refractivity contribution >= 4 is 35.0 Å². The molecular formula is C14H11ClN2O4. The highest BCUT2D eigenvalue weighted by Crippen LogP contribution is 2.23. The van der Waals surface area contributed by atoms with Crippen LogP contribution >= 0.6 is 11.6 Å². The molecule has 0 aliphatic carbocycles. The SMILES string of the molecule is O=C(Nc1ccc(O)c(C(=O)O)c1)Nc1ccccc1Cl. The van der Waals surface area contributed by atoms with E-state index in [-0.39, 0.29) is 17.0 Å². The number of carbonyl (C=O) groups excluding carboxylic acids is 1. The normalized spacial score (nSPS) is 9.95. The van der Waals surface area contributed by atoms with Crippen LogP contribution in [0.5, 0.6) is 5.75 Å². The van der Waals surface area contributed by atoms with Gasteiger partial charge in [0, 0.05) is 5.69 Å². The van der Waals surface area contributed by atoms with Gasteiger partial charge in [-0.2, -0.15) is 0 Å². The van der Waals surface area contributed by atoms with E-state index >= 15 is 0 Å². The molecule has 0 aliphatic heterocycles. The topological polar surface area (TPSA) is 98.7 Å². The maximum absolute atomic E-state index is 11.8. The van der Waals surface area contributed by atoms with E-state index in [9.17, 15) is 14.7 Å². The summed E-state index contributed by atoms with van der Waals surface area (Å²) in [5.41, 5.74) is 0.356. The summed E-state index contributed by atoms with van der Waals surface area (Å²) in [5, 5.41) is 23.6. The van der Waals surface area contributed by atoms with E-state index < -0.39 is 12.0 Å². The summed E-state index contributed by atoms with van der Waals surface area (Å²) in [6, 6.07) is 9.84. The van der Waals surface area contributed by atoms with Crippen LogP contribution in [0.15, 0.2) is 42.5 Å². The highest BCUT2D eigenvalue weighted by atomic mass is 35.5. The first kappa shape index (κ1) is 14.7. The van der Waals surface area contributed by atoms with Crippen molar-refractivity contribution in [3.05, 3.63) is 53.1 Å². The number of urea groups is 1. The molecule has 2 amide bonds. The molecule has 0 heterocycles. The zero-order valence-electron chi connectivity index (χ0n) is 10.6. The van der Waals surface area contributed by atoms with Gasteiger partial charge in [0.15, 0.2) is 0 Å². The Hall–Kier alpha value is -2.73. The van der Waals surface area contributed by atoms with Crippen molar-refractivity contribution in [1.29, 1.82) is 0 Å². The van der Waals surface area contributed by atoms with E-state index in [2.05, 4.69) is 10.6 Å². The third kappa shape index (κ3) is 3.64. The molecule has 0 spiro atoms. The highest BCUT2D eigenvalue weighted by Gasteiger charge is 2.12. The minimum Gasteiger partial charge on any atom is -0.507 e. The van der Waals surface area contributed by atoms with Gasteiger partial charge in [-0.3, -0.25) is 0 Å². The van der Waals surface area contributed by atoms with Gasteiger partial charge in [0.05, 0.1) is 10.7 Å². The average molecular weight is 307 g/mol. The molecule has 0 radical (unpaired) electrons. The number of amides is 2. The van der Waals surface area contributed by atoms with Crippen LogP contribution in [0.1, 0.15) is 10.4 Å². The number of rotatable bonds is 3. The molecule has 0 bridgehead atoms.